The largest absolute Gasteiger partial charge is 0.454 e. The van der Waals surface area contributed by atoms with Crippen LogP contribution in [0, 0.1) is 0 Å². The van der Waals surface area contributed by atoms with Gasteiger partial charge in [-0.15, -0.1) is 12.4 Å². The van der Waals surface area contributed by atoms with Crippen LogP contribution in [0.4, 0.5) is 0 Å². The van der Waals surface area contributed by atoms with Crippen LogP contribution in [0.5, 0.6) is 11.5 Å². The van der Waals surface area contributed by atoms with Gasteiger partial charge >= 0.3 is 0 Å². The number of hydrogen-bond donors (Lipinski definition) is 2. The molecule has 0 saturated carbocycles. The molecule has 0 fully saturated rings. The highest BCUT2D eigenvalue weighted by Crippen LogP contribution is 2.38. The van der Waals surface area contributed by atoms with E-state index in [2.05, 4.69) is 0 Å². The average Bonchev–Trinajstić information content (AvgIpc) is 2.62. The molecular weight excluding hydrogens is 241 g/mol. The van der Waals surface area contributed by atoms with E-state index in [0.29, 0.717) is 22.1 Å². The fourth-order valence-electron chi connectivity index (χ4n) is 1.32. The van der Waals surface area contributed by atoms with Crippen molar-refractivity contribution in [3.63, 3.8) is 0 Å². The van der Waals surface area contributed by atoms with Gasteiger partial charge in [0.05, 0.1) is 12.6 Å². The number of fused-ring (bicyclic) bond motifs is 1. The zero-order valence-electron chi connectivity index (χ0n) is 7.77. The first-order valence-corrected chi connectivity index (χ1v) is 4.55. The predicted molar refractivity (Wildman–Crippen MR) is 58.8 cm³/mol. The molecule has 6 heteroatoms. The van der Waals surface area contributed by atoms with E-state index in [1.807, 2.05) is 0 Å². The summed E-state index contributed by atoms with van der Waals surface area (Å²) >= 11 is 5.95. The molecule has 3 N–H and O–H groups in total. The Labute approximate surface area is 98.3 Å². The standard InChI is InChI=1S/C9H10ClNO3.ClH/c10-6-2-9-8(13-4-14-9)1-5(6)7(11)3-12;/h1-2,7,12H,3-4,11H2;1H/t7-;/m0./s1. The second-order valence-electron chi connectivity index (χ2n) is 3.02. The average molecular weight is 252 g/mol. The van der Waals surface area contributed by atoms with Crippen molar-refractivity contribution in [1.82, 2.24) is 0 Å². The van der Waals surface area contributed by atoms with Gasteiger partial charge in [-0.3, -0.25) is 0 Å². The van der Waals surface area contributed by atoms with Gasteiger partial charge in [-0.05, 0) is 11.6 Å². The fraction of sp³-hybridized carbons (Fsp3) is 0.333. The smallest absolute Gasteiger partial charge is 0.231 e. The van der Waals surface area contributed by atoms with E-state index in [1.54, 1.807) is 12.1 Å². The minimum absolute atomic E-state index is 0. The van der Waals surface area contributed by atoms with E-state index in [4.69, 9.17) is 31.9 Å². The molecule has 0 spiro atoms. The Morgan fingerprint density at radius 2 is 2.00 bits per heavy atom. The van der Waals surface area contributed by atoms with E-state index >= 15 is 0 Å². The van der Waals surface area contributed by atoms with Crippen LogP contribution in [0.25, 0.3) is 0 Å². The van der Waals surface area contributed by atoms with Gasteiger partial charge in [0.2, 0.25) is 6.79 Å². The van der Waals surface area contributed by atoms with E-state index < -0.39 is 6.04 Å². The van der Waals surface area contributed by atoms with Crippen molar-refractivity contribution in [3.05, 3.63) is 22.7 Å². The molecule has 0 saturated heterocycles. The molecule has 0 bridgehead atoms. The molecule has 4 nitrogen and oxygen atoms in total. The first-order valence-electron chi connectivity index (χ1n) is 4.18. The van der Waals surface area contributed by atoms with Gasteiger partial charge in [-0.25, -0.2) is 0 Å². The van der Waals surface area contributed by atoms with Crippen molar-refractivity contribution in [2.75, 3.05) is 13.4 Å². The summed E-state index contributed by atoms with van der Waals surface area (Å²) in [5, 5.41) is 9.39. The van der Waals surface area contributed by atoms with Crippen molar-refractivity contribution in [2.45, 2.75) is 6.04 Å². The van der Waals surface area contributed by atoms with Crippen molar-refractivity contribution in [2.24, 2.45) is 5.73 Å². The van der Waals surface area contributed by atoms with Crippen LogP contribution in [-0.2, 0) is 0 Å². The number of hydrogen-bond acceptors (Lipinski definition) is 4. The summed E-state index contributed by atoms with van der Waals surface area (Å²) in [4.78, 5) is 0. The molecule has 0 radical (unpaired) electrons. The number of ether oxygens (including phenoxy) is 2. The molecule has 1 atom stereocenters. The molecule has 0 unspecified atom stereocenters. The Morgan fingerprint density at radius 1 is 1.40 bits per heavy atom. The first kappa shape index (κ1) is 12.4. The summed E-state index contributed by atoms with van der Waals surface area (Å²) in [5.74, 6) is 1.23. The highest BCUT2D eigenvalue weighted by Gasteiger charge is 2.19. The van der Waals surface area contributed by atoms with Gasteiger partial charge in [0.15, 0.2) is 11.5 Å². The molecule has 1 aliphatic rings. The van der Waals surface area contributed by atoms with Crippen LogP contribution in [0.3, 0.4) is 0 Å². The number of halogens is 2. The minimum atomic E-state index is -0.489. The summed E-state index contributed by atoms with van der Waals surface area (Å²) in [5.41, 5.74) is 6.32. The lowest BCUT2D eigenvalue weighted by Crippen LogP contribution is -2.14. The number of nitrogens with two attached hydrogens (primary N) is 1. The Morgan fingerprint density at radius 3 is 2.60 bits per heavy atom. The SMILES string of the molecule is Cl.N[C@@H](CO)c1cc2c(cc1Cl)OCO2. The molecule has 0 amide bonds. The van der Waals surface area contributed by atoms with Crippen LogP contribution >= 0.6 is 24.0 Å². The van der Waals surface area contributed by atoms with Gasteiger partial charge in [-0.1, -0.05) is 11.6 Å². The maximum absolute atomic E-state index is 8.91. The van der Waals surface area contributed by atoms with Crippen LogP contribution < -0.4 is 15.2 Å². The van der Waals surface area contributed by atoms with Crippen molar-refractivity contribution in [1.29, 1.82) is 0 Å². The number of benzene rings is 1. The second-order valence-corrected chi connectivity index (χ2v) is 3.42. The monoisotopic (exact) mass is 251 g/mol. The predicted octanol–water partition coefficient (Wildman–Crippen LogP) is 1.48. The molecule has 0 aromatic heterocycles. The highest BCUT2D eigenvalue weighted by molar-refractivity contribution is 6.31. The summed E-state index contributed by atoms with van der Waals surface area (Å²) < 4.78 is 10.3. The maximum atomic E-state index is 8.91. The molecule has 1 aliphatic heterocycles. The maximum Gasteiger partial charge on any atom is 0.231 e. The zero-order valence-corrected chi connectivity index (χ0v) is 9.35. The van der Waals surface area contributed by atoms with Crippen LogP contribution in [0.15, 0.2) is 12.1 Å². The summed E-state index contributed by atoms with van der Waals surface area (Å²) in [6, 6.07) is 2.86. The van der Waals surface area contributed by atoms with Crippen LogP contribution in [0.2, 0.25) is 5.02 Å². The third-order valence-corrected chi connectivity index (χ3v) is 2.42. The Bertz CT molecular complexity index is 359. The summed E-state index contributed by atoms with van der Waals surface area (Å²) in [7, 11) is 0. The van der Waals surface area contributed by atoms with Gasteiger partial charge in [0, 0.05) is 11.1 Å². The third kappa shape index (κ3) is 2.29. The number of aliphatic hydroxyl groups is 1. The van der Waals surface area contributed by atoms with Gasteiger partial charge in [-0.2, -0.15) is 0 Å². The molecule has 1 aromatic rings. The molecule has 15 heavy (non-hydrogen) atoms. The lowest BCUT2D eigenvalue weighted by atomic mass is 10.1. The Hall–Kier alpha value is -0.680. The van der Waals surface area contributed by atoms with Crippen molar-refractivity contribution in [3.8, 4) is 11.5 Å². The van der Waals surface area contributed by atoms with E-state index in [9.17, 15) is 0 Å². The lowest BCUT2D eigenvalue weighted by molar-refractivity contribution is 0.174. The van der Waals surface area contributed by atoms with E-state index in [-0.39, 0.29) is 25.8 Å². The fourth-order valence-corrected chi connectivity index (χ4v) is 1.61. The van der Waals surface area contributed by atoms with Crippen LogP contribution in [0.1, 0.15) is 11.6 Å². The van der Waals surface area contributed by atoms with Gasteiger partial charge < -0.3 is 20.3 Å². The van der Waals surface area contributed by atoms with Crippen molar-refractivity contribution < 1.29 is 14.6 Å². The minimum Gasteiger partial charge on any atom is -0.454 e. The highest BCUT2D eigenvalue weighted by atomic mass is 35.5. The first-order chi connectivity index (χ1) is 6.72. The zero-order chi connectivity index (χ0) is 10.1. The summed E-state index contributed by atoms with van der Waals surface area (Å²) in [6.07, 6.45) is 0. The molecule has 1 aromatic carbocycles. The molecule has 0 aliphatic carbocycles. The molecule has 1 heterocycles. The van der Waals surface area contributed by atoms with Crippen LogP contribution in [-0.4, -0.2) is 18.5 Å². The molecule has 84 valence electrons. The van der Waals surface area contributed by atoms with Gasteiger partial charge in [0.25, 0.3) is 0 Å². The van der Waals surface area contributed by atoms with Crippen molar-refractivity contribution >= 4 is 24.0 Å². The third-order valence-electron chi connectivity index (χ3n) is 2.09. The lowest BCUT2D eigenvalue weighted by Gasteiger charge is -2.11. The van der Waals surface area contributed by atoms with Gasteiger partial charge in [0.1, 0.15) is 0 Å². The number of aliphatic hydroxyl groups excluding tert-OH is 1. The molecular formula is C9H11Cl2NO3. The van der Waals surface area contributed by atoms with E-state index in [1.165, 1.54) is 0 Å². The normalized spacial score (nSPS) is 14.6. The number of rotatable bonds is 2. The van der Waals surface area contributed by atoms with E-state index in [0.717, 1.165) is 0 Å². The quantitative estimate of drug-likeness (QED) is 0.836. The Balaban J connectivity index is 0.00000112. The molecule has 2 rings (SSSR count). The summed E-state index contributed by atoms with van der Waals surface area (Å²) in [6.45, 7) is 0.0445. The second kappa shape index (κ2) is 4.90. The Kier molecular flexibility index (Phi) is 4.04. The topological polar surface area (TPSA) is 64.7 Å².